The second kappa shape index (κ2) is 4.34. The summed E-state index contributed by atoms with van der Waals surface area (Å²) in [5.74, 6) is 1.26. The van der Waals surface area contributed by atoms with Crippen LogP contribution in [0.3, 0.4) is 0 Å². The van der Waals surface area contributed by atoms with E-state index in [2.05, 4.69) is 21.0 Å². The van der Waals surface area contributed by atoms with E-state index in [9.17, 15) is 0 Å². The lowest BCUT2D eigenvalue weighted by Gasteiger charge is -2.02. The number of hydrogen-bond acceptors (Lipinski definition) is 3. The van der Waals surface area contributed by atoms with Crippen molar-refractivity contribution in [1.82, 2.24) is 9.78 Å². The molecule has 0 radical (unpaired) electrons. The molecule has 1 aromatic carbocycles. The predicted octanol–water partition coefficient (Wildman–Crippen LogP) is 3.48. The molecule has 18 heavy (non-hydrogen) atoms. The van der Waals surface area contributed by atoms with Crippen molar-refractivity contribution in [2.45, 2.75) is 0 Å². The van der Waals surface area contributed by atoms with Crippen LogP contribution >= 0.6 is 15.9 Å². The average molecular weight is 304 g/mol. The normalized spacial score (nSPS) is 10.7. The number of benzene rings is 1. The Hall–Kier alpha value is -2.01. The van der Waals surface area contributed by atoms with Gasteiger partial charge in [0.05, 0.1) is 5.69 Å². The first-order valence-corrected chi connectivity index (χ1v) is 6.20. The van der Waals surface area contributed by atoms with Gasteiger partial charge >= 0.3 is 0 Å². The van der Waals surface area contributed by atoms with Gasteiger partial charge in [-0.15, -0.1) is 0 Å². The van der Waals surface area contributed by atoms with Crippen molar-refractivity contribution in [2.24, 2.45) is 0 Å². The first-order valence-electron chi connectivity index (χ1n) is 5.41. The number of nitrogens with zero attached hydrogens (tertiary/aromatic N) is 2. The number of hydrogen-bond donors (Lipinski definition) is 1. The molecule has 3 aromatic rings. The van der Waals surface area contributed by atoms with Crippen molar-refractivity contribution in [1.29, 1.82) is 0 Å². The van der Waals surface area contributed by atoms with Gasteiger partial charge in [-0.2, -0.15) is 5.10 Å². The van der Waals surface area contributed by atoms with Crippen LogP contribution in [0.4, 0.5) is 5.82 Å². The summed E-state index contributed by atoms with van der Waals surface area (Å²) in [4.78, 5) is 0. The van der Waals surface area contributed by atoms with Crippen LogP contribution in [0, 0.1) is 0 Å². The molecule has 3 rings (SSSR count). The number of rotatable bonds is 2. The summed E-state index contributed by atoms with van der Waals surface area (Å²) < 4.78 is 7.82. The van der Waals surface area contributed by atoms with Gasteiger partial charge in [-0.25, -0.2) is 4.68 Å². The number of halogens is 1. The van der Waals surface area contributed by atoms with Crippen LogP contribution in [0.15, 0.2) is 57.6 Å². The molecule has 4 nitrogen and oxygen atoms in total. The van der Waals surface area contributed by atoms with E-state index in [1.807, 2.05) is 42.5 Å². The molecule has 0 aliphatic carbocycles. The van der Waals surface area contributed by atoms with Crippen LogP contribution in [0.25, 0.3) is 17.1 Å². The minimum atomic E-state index is 0.573. The zero-order valence-electron chi connectivity index (χ0n) is 9.38. The van der Waals surface area contributed by atoms with Crippen molar-refractivity contribution >= 4 is 21.7 Å². The SMILES string of the molecule is Nc1cc(-c2ccc(Br)o2)nn1-c1ccccc1. The molecule has 2 heterocycles. The van der Waals surface area contributed by atoms with Gasteiger partial charge in [0.15, 0.2) is 10.4 Å². The number of furan rings is 1. The molecule has 0 aliphatic rings. The molecule has 0 aliphatic heterocycles. The Balaban J connectivity index is 2.06. The number of anilines is 1. The van der Waals surface area contributed by atoms with Crippen LogP contribution in [0.2, 0.25) is 0 Å². The van der Waals surface area contributed by atoms with E-state index in [1.165, 1.54) is 0 Å². The standard InChI is InChI=1S/C13H10BrN3O/c14-12-7-6-11(18-12)10-8-13(15)17(16-10)9-4-2-1-3-5-9/h1-8H,15H2. The summed E-state index contributed by atoms with van der Waals surface area (Å²) in [7, 11) is 0. The highest BCUT2D eigenvalue weighted by Gasteiger charge is 2.11. The number of aromatic nitrogens is 2. The summed E-state index contributed by atoms with van der Waals surface area (Å²) in [6, 6.07) is 15.2. The zero-order valence-corrected chi connectivity index (χ0v) is 11.0. The van der Waals surface area contributed by atoms with Gasteiger partial charge in [0.25, 0.3) is 0 Å². The molecule has 0 bridgehead atoms. The van der Waals surface area contributed by atoms with Gasteiger partial charge < -0.3 is 10.2 Å². The van der Waals surface area contributed by atoms with E-state index in [0.717, 1.165) is 5.69 Å². The Morgan fingerprint density at radius 1 is 1.11 bits per heavy atom. The Morgan fingerprint density at radius 3 is 2.56 bits per heavy atom. The third kappa shape index (κ3) is 1.93. The fraction of sp³-hybridized carbons (Fsp3) is 0. The van der Waals surface area contributed by atoms with Crippen LogP contribution in [0.1, 0.15) is 0 Å². The van der Waals surface area contributed by atoms with Gasteiger partial charge in [-0.3, -0.25) is 0 Å². The largest absolute Gasteiger partial charge is 0.448 e. The molecule has 0 spiro atoms. The number of para-hydroxylation sites is 1. The molecule has 0 atom stereocenters. The summed E-state index contributed by atoms with van der Waals surface area (Å²) in [6.07, 6.45) is 0. The van der Waals surface area contributed by atoms with Gasteiger partial charge in [0.1, 0.15) is 11.5 Å². The molecule has 0 amide bonds. The molecule has 0 fully saturated rings. The molecule has 0 saturated carbocycles. The Morgan fingerprint density at radius 2 is 1.89 bits per heavy atom. The van der Waals surface area contributed by atoms with Crippen LogP contribution in [0.5, 0.6) is 0 Å². The topological polar surface area (TPSA) is 57.0 Å². The highest BCUT2D eigenvalue weighted by molar-refractivity contribution is 9.10. The van der Waals surface area contributed by atoms with Crippen molar-refractivity contribution < 1.29 is 4.42 Å². The summed E-state index contributed by atoms with van der Waals surface area (Å²) >= 11 is 3.27. The monoisotopic (exact) mass is 303 g/mol. The number of nitrogen functional groups attached to an aromatic ring is 1. The Labute approximate surface area is 112 Å². The van der Waals surface area contributed by atoms with Crippen LogP contribution < -0.4 is 5.73 Å². The van der Waals surface area contributed by atoms with Crippen LogP contribution in [-0.2, 0) is 0 Å². The van der Waals surface area contributed by atoms with E-state index < -0.39 is 0 Å². The molecular weight excluding hydrogens is 294 g/mol. The second-order valence-electron chi connectivity index (χ2n) is 3.81. The first kappa shape index (κ1) is 11.1. The van der Waals surface area contributed by atoms with Gasteiger partial charge in [-0.1, -0.05) is 18.2 Å². The van der Waals surface area contributed by atoms with Crippen molar-refractivity contribution in [2.75, 3.05) is 5.73 Å². The third-order valence-corrected chi connectivity index (χ3v) is 2.99. The Bertz CT molecular complexity index is 673. The molecule has 5 heteroatoms. The lowest BCUT2D eigenvalue weighted by Crippen LogP contribution is -2.00. The molecule has 0 unspecified atom stereocenters. The van der Waals surface area contributed by atoms with Gasteiger partial charge in [-0.05, 0) is 40.2 Å². The van der Waals surface area contributed by atoms with E-state index >= 15 is 0 Å². The van der Waals surface area contributed by atoms with Gasteiger partial charge in [0, 0.05) is 6.07 Å². The van der Waals surface area contributed by atoms with Crippen molar-refractivity contribution in [3.05, 3.63) is 53.2 Å². The molecule has 2 N–H and O–H groups in total. The molecule has 90 valence electrons. The van der Waals surface area contributed by atoms with E-state index in [1.54, 1.807) is 10.7 Å². The summed E-state index contributed by atoms with van der Waals surface area (Å²) in [6.45, 7) is 0. The fourth-order valence-electron chi connectivity index (χ4n) is 1.74. The maximum Gasteiger partial charge on any atom is 0.169 e. The zero-order chi connectivity index (χ0) is 12.5. The van der Waals surface area contributed by atoms with Crippen molar-refractivity contribution in [3.63, 3.8) is 0 Å². The van der Waals surface area contributed by atoms with Gasteiger partial charge in [0.2, 0.25) is 0 Å². The van der Waals surface area contributed by atoms with E-state index in [0.29, 0.717) is 21.9 Å². The quantitative estimate of drug-likeness (QED) is 0.788. The minimum Gasteiger partial charge on any atom is -0.448 e. The molecule has 0 saturated heterocycles. The fourth-order valence-corrected chi connectivity index (χ4v) is 2.05. The third-order valence-electron chi connectivity index (χ3n) is 2.56. The van der Waals surface area contributed by atoms with Crippen molar-refractivity contribution in [3.8, 4) is 17.1 Å². The Kier molecular flexibility index (Phi) is 2.68. The highest BCUT2D eigenvalue weighted by atomic mass is 79.9. The summed E-state index contributed by atoms with van der Waals surface area (Å²) in [5, 5.41) is 4.44. The van der Waals surface area contributed by atoms with E-state index in [4.69, 9.17) is 10.2 Å². The number of nitrogens with two attached hydrogens (primary N) is 1. The minimum absolute atomic E-state index is 0.573. The van der Waals surface area contributed by atoms with E-state index in [-0.39, 0.29) is 0 Å². The second-order valence-corrected chi connectivity index (χ2v) is 4.59. The summed E-state index contributed by atoms with van der Waals surface area (Å²) in [5.41, 5.74) is 7.60. The predicted molar refractivity (Wildman–Crippen MR) is 73.4 cm³/mol. The molecule has 2 aromatic heterocycles. The maximum absolute atomic E-state index is 5.96. The lowest BCUT2D eigenvalue weighted by atomic mass is 10.3. The maximum atomic E-state index is 5.96. The molecular formula is C13H10BrN3O. The lowest BCUT2D eigenvalue weighted by molar-refractivity contribution is 0.553. The average Bonchev–Trinajstić information content (AvgIpc) is 2.97. The highest BCUT2D eigenvalue weighted by Crippen LogP contribution is 2.26. The smallest absolute Gasteiger partial charge is 0.169 e. The first-order chi connectivity index (χ1) is 8.74. The van der Waals surface area contributed by atoms with Crippen LogP contribution in [-0.4, -0.2) is 9.78 Å².